The van der Waals surface area contributed by atoms with Crippen LogP contribution in [-0.4, -0.2) is 47.3 Å². The molecule has 0 aliphatic carbocycles. The van der Waals surface area contributed by atoms with Gasteiger partial charge in [0, 0.05) is 23.3 Å². The van der Waals surface area contributed by atoms with Crippen molar-refractivity contribution in [3.8, 4) is 5.69 Å². The van der Waals surface area contributed by atoms with Gasteiger partial charge in [-0.2, -0.15) is 5.10 Å². The lowest BCUT2D eigenvalue weighted by Gasteiger charge is -2.32. The minimum atomic E-state index is 0.0368. The van der Waals surface area contributed by atoms with Crippen LogP contribution in [0.4, 0.5) is 0 Å². The number of likely N-dealkylation sites (tertiary alicyclic amines) is 1. The Morgan fingerprint density at radius 3 is 2.83 bits per heavy atom. The molecule has 2 heterocycles. The van der Waals surface area contributed by atoms with Crippen LogP contribution in [0.2, 0.25) is 0 Å². The molecule has 1 amide bonds. The molecule has 1 fully saturated rings. The van der Waals surface area contributed by atoms with Crippen molar-refractivity contribution in [2.45, 2.75) is 19.8 Å². The summed E-state index contributed by atoms with van der Waals surface area (Å²) in [6, 6.07) is 9.81. The van der Waals surface area contributed by atoms with Crippen molar-refractivity contribution >= 4 is 21.8 Å². The van der Waals surface area contributed by atoms with Crippen LogP contribution in [0.25, 0.3) is 5.69 Å². The van der Waals surface area contributed by atoms with E-state index in [1.165, 1.54) is 6.42 Å². The Bertz CT molecular complexity index is 708. The maximum absolute atomic E-state index is 12.8. The molecule has 1 aromatic heterocycles. The summed E-state index contributed by atoms with van der Waals surface area (Å²) in [6.07, 6.45) is 2.24. The molecule has 0 radical (unpaired) electrons. The number of piperidine rings is 1. The molecule has 0 bridgehead atoms. The van der Waals surface area contributed by atoms with Gasteiger partial charge in [0.15, 0.2) is 5.69 Å². The topological polar surface area (TPSA) is 50.2 Å². The highest BCUT2D eigenvalue weighted by Crippen LogP contribution is 2.20. The second-order valence-corrected chi connectivity index (χ2v) is 7.29. The van der Waals surface area contributed by atoms with E-state index in [9.17, 15) is 4.79 Å². The third kappa shape index (κ3) is 3.70. The second kappa shape index (κ2) is 7.49. The first-order chi connectivity index (χ1) is 11.6. The molecule has 6 heteroatoms. The van der Waals surface area contributed by atoms with E-state index >= 15 is 0 Å². The highest BCUT2D eigenvalue weighted by atomic mass is 79.9. The molecule has 1 saturated heterocycles. The van der Waals surface area contributed by atoms with Crippen molar-refractivity contribution in [3.63, 3.8) is 0 Å². The summed E-state index contributed by atoms with van der Waals surface area (Å²) < 4.78 is 2.85. The van der Waals surface area contributed by atoms with E-state index in [1.54, 1.807) is 0 Å². The van der Waals surface area contributed by atoms with E-state index in [0.29, 0.717) is 11.6 Å². The molecule has 1 aliphatic rings. The van der Waals surface area contributed by atoms with Gasteiger partial charge in [0.1, 0.15) is 0 Å². The van der Waals surface area contributed by atoms with Gasteiger partial charge < -0.3 is 10.2 Å². The second-order valence-electron chi connectivity index (χ2n) is 6.38. The van der Waals surface area contributed by atoms with Gasteiger partial charge in [-0.15, -0.1) is 0 Å². The van der Waals surface area contributed by atoms with E-state index in [4.69, 9.17) is 0 Å². The number of amides is 1. The van der Waals surface area contributed by atoms with Crippen LogP contribution < -0.4 is 5.32 Å². The largest absolute Gasteiger partial charge is 0.337 e. The predicted molar refractivity (Wildman–Crippen MR) is 98.6 cm³/mol. The fourth-order valence-electron chi connectivity index (χ4n) is 3.29. The first kappa shape index (κ1) is 17.2. The van der Waals surface area contributed by atoms with Crippen LogP contribution in [0.5, 0.6) is 0 Å². The highest BCUT2D eigenvalue weighted by Gasteiger charge is 2.26. The molecular formula is C18H23BrN4O. The molecule has 128 valence electrons. The smallest absolute Gasteiger partial charge is 0.274 e. The van der Waals surface area contributed by atoms with Gasteiger partial charge in [-0.1, -0.05) is 15.9 Å². The maximum atomic E-state index is 12.8. The number of hydrogen-bond donors (Lipinski definition) is 1. The van der Waals surface area contributed by atoms with E-state index in [0.717, 1.165) is 41.9 Å². The Labute approximate surface area is 151 Å². The zero-order chi connectivity index (χ0) is 17.1. The summed E-state index contributed by atoms with van der Waals surface area (Å²) in [5.41, 5.74) is 2.45. The number of halogens is 1. The van der Waals surface area contributed by atoms with Gasteiger partial charge in [-0.25, -0.2) is 4.68 Å². The number of carbonyl (C=O) groups excluding carboxylic acids is 1. The molecule has 2 aromatic rings. The SMILES string of the molecule is CNC[C@H]1CCCN(C(=O)c2cc(C)n(-c3ccc(Br)cc3)n2)C1. The van der Waals surface area contributed by atoms with E-state index in [-0.39, 0.29) is 5.91 Å². The normalized spacial score (nSPS) is 18.0. The average Bonchev–Trinajstić information content (AvgIpc) is 2.97. The zero-order valence-corrected chi connectivity index (χ0v) is 15.7. The Balaban J connectivity index is 1.78. The first-order valence-electron chi connectivity index (χ1n) is 8.35. The molecule has 1 aliphatic heterocycles. The number of aryl methyl sites for hydroxylation is 1. The van der Waals surface area contributed by atoms with Crippen molar-refractivity contribution in [2.75, 3.05) is 26.7 Å². The minimum Gasteiger partial charge on any atom is -0.337 e. The molecule has 1 atom stereocenters. The van der Waals surface area contributed by atoms with Crippen LogP contribution in [0.15, 0.2) is 34.8 Å². The summed E-state index contributed by atoms with van der Waals surface area (Å²) in [5, 5.41) is 7.76. The zero-order valence-electron chi connectivity index (χ0n) is 14.1. The van der Waals surface area contributed by atoms with Crippen LogP contribution in [-0.2, 0) is 0 Å². The van der Waals surface area contributed by atoms with E-state index in [1.807, 2.05) is 53.9 Å². The van der Waals surface area contributed by atoms with Crippen molar-refractivity contribution in [3.05, 3.63) is 46.2 Å². The van der Waals surface area contributed by atoms with Crippen molar-refractivity contribution in [2.24, 2.45) is 5.92 Å². The Kier molecular flexibility index (Phi) is 5.36. The molecular weight excluding hydrogens is 368 g/mol. The van der Waals surface area contributed by atoms with Crippen LogP contribution in [0.3, 0.4) is 0 Å². The molecule has 5 nitrogen and oxygen atoms in total. The van der Waals surface area contributed by atoms with Crippen LogP contribution in [0.1, 0.15) is 29.0 Å². The molecule has 0 spiro atoms. The molecule has 1 aromatic carbocycles. The minimum absolute atomic E-state index is 0.0368. The lowest BCUT2D eigenvalue weighted by Crippen LogP contribution is -2.42. The monoisotopic (exact) mass is 390 g/mol. The molecule has 3 rings (SSSR count). The van der Waals surface area contributed by atoms with Gasteiger partial charge in [-0.05, 0) is 69.6 Å². The van der Waals surface area contributed by atoms with E-state index < -0.39 is 0 Å². The third-order valence-corrected chi connectivity index (χ3v) is 5.01. The lowest BCUT2D eigenvalue weighted by molar-refractivity contribution is 0.0668. The van der Waals surface area contributed by atoms with Crippen LogP contribution >= 0.6 is 15.9 Å². The predicted octanol–water partition coefficient (Wildman–Crippen LogP) is 3.01. The van der Waals surface area contributed by atoms with Crippen LogP contribution in [0, 0.1) is 12.8 Å². The third-order valence-electron chi connectivity index (χ3n) is 4.48. The molecule has 1 N–H and O–H groups in total. The van der Waals surface area contributed by atoms with E-state index in [2.05, 4.69) is 26.3 Å². The van der Waals surface area contributed by atoms with Crippen molar-refractivity contribution < 1.29 is 4.79 Å². The Hall–Kier alpha value is -1.66. The number of nitrogens with one attached hydrogen (secondary N) is 1. The summed E-state index contributed by atoms with van der Waals surface area (Å²) in [5.74, 6) is 0.567. The fraction of sp³-hybridized carbons (Fsp3) is 0.444. The van der Waals surface area contributed by atoms with Gasteiger partial charge in [-0.3, -0.25) is 4.79 Å². The molecule has 24 heavy (non-hydrogen) atoms. The number of rotatable bonds is 4. The molecule has 0 unspecified atom stereocenters. The Morgan fingerprint density at radius 2 is 2.12 bits per heavy atom. The van der Waals surface area contributed by atoms with Gasteiger partial charge in [0.05, 0.1) is 5.69 Å². The Morgan fingerprint density at radius 1 is 1.38 bits per heavy atom. The number of hydrogen-bond acceptors (Lipinski definition) is 3. The first-order valence-corrected chi connectivity index (χ1v) is 9.14. The lowest BCUT2D eigenvalue weighted by atomic mass is 9.98. The number of aromatic nitrogens is 2. The summed E-state index contributed by atoms with van der Waals surface area (Å²) in [6.45, 7) is 4.56. The standard InChI is InChI=1S/C18H23BrN4O/c1-13-10-17(21-23(13)16-7-5-15(19)6-8-16)18(24)22-9-3-4-14(12-22)11-20-2/h5-8,10,14,20H,3-4,9,11-12H2,1-2H3/t14-/m1/s1. The van der Waals surface area contributed by atoms with Gasteiger partial charge in [0.25, 0.3) is 5.91 Å². The van der Waals surface area contributed by atoms with Gasteiger partial charge >= 0.3 is 0 Å². The maximum Gasteiger partial charge on any atom is 0.274 e. The highest BCUT2D eigenvalue weighted by molar-refractivity contribution is 9.10. The summed E-state index contributed by atoms with van der Waals surface area (Å²) in [4.78, 5) is 14.8. The van der Waals surface area contributed by atoms with Crippen molar-refractivity contribution in [1.82, 2.24) is 20.0 Å². The fourth-order valence-corrected chi connectivity index (χ4v) is 3.55. The summed E-state index contributed by atoms with van der Waals surface area (Å²) >= 11 is 3.44. The average molecular weight is 391 g/mol. The summed E-state index contributed by atoms with van der Waals surface area (Å²) in [7, 11) is 1.96. The molecule has 0 saturated carbocycles. The number of carbonyl (C=O) groups is 1. The number of nitrogens with zero attached hydrogens (tertiary/aromatic N) is 3. The van der Waals surface area contributed by atoms with Crippen molar-refractivity contribution in [1.29, 1.82) is 0 Å². The quantitative estimate of drug-likeness (QED) is 0.872. The van der Waals surface area contributed by atoms with Gasteiger partial charge in [0.2, 0.25) is 0 Å². The number of benzene rings is 1.